The fourth-order valence-corrected chi connectivity index (χ4v) is 1.95. The van der Waals surface area contributed by atoms with Crippen molar-refractivity contribution < 1.29 is 9.50 Å². The number of hydrogen-bond donors (Lipinski definition) is 2. The van der Waals surface area contributed by atoms with Gasteiger partial charge >= 0.3 is 0 Å². The molecule has 0 amide bonds. The predicted octanol–water partition coefficient (Wildman–Crippen LogP) is 2.73. The zero-order valence-electron chi connectivity index (χ0n) is 9.48. The average molecular weight is 267 g/mol. The molecule has 3 N–H and O–H groups in total. The number of halogens is 2. The summed E-state index contributed by atoms with van der Waals surface area (Å²) in [5.74, 6) is -0.116. The van der Waals surface area contributed by atoms with Crippen molar-refractivity contribution in [3.8, 4) is 0 Å². The molecule has 1 aromatic carbocycles. The maximum Gasteiger partial charge on any atom is 0.126 e. The quantitative estimate of drug-likeness (QED) is 0.898. The molecule has 0 fully saturated rings. The third kappa shape index (κ3) is 2.97. The summed E-state index contributed by atoms with van der Waals surface area (Å²) in [5.41, 5.74) is 6.82. The lowest BCUT2D eigenvalue weighted by Gasteiger charge is -2.12. The van der Waals surface area contributed by atoms with E-state index < -0.39 is 11.9 Å². The van der Waals surface area contributed by atoms with E-state index >= 15 is 0 Å². The Kier molecular flexibility index (Phi) is 3.79. The number of aliphatic hydroxyl groups is 1. The first-order chi connectivity index (χ1) is 8.56. The Morgan fingerprint density at radius 3 is 2.83 bits per heavy atom. The topological polar surface area (TPSA) is 59.1 Å². The zero-order valence-corrected chi connectivity index (χ0v) is 10.2. The van der Waals surface area contributed by atoms with E-state index in [1.54, 1.807) is 18.3 Å². The van der Waals surface area contributed by atoms with E-state index in [1.807, 2.05) is 0 Å². The van der Waals surface area contributed by atoms with Gasteiger partial charge in [0.1, 0.15) is 11.6 Å². The van der Waals surface area contributed by atoms with Crippen LogP contribution in [-0.2, 0) is 6.42 Å². The first kappa shape index (κ1) is 12.8. The van der Waals surface area contributed by atoms with Crippen LogP contribution >= 0.6 is 11.6 Å². The van der Waals surface area contributed by atoms with Gasteiger partial charge in [-0.3, -0.25) is 0 Å². The largest absolute Gasteiger partial charge is 0.388 e. The molecule has 0 aliphatic rings. The normalized spacial score (nSPS) is 12.4. The van der Waals surface area contributed by atoms with Crippen LogP contribution in [0, 0.1) is 5.82 Å². The fraction of sp³-hybridized carbons (Fsp3) is 0.154. The predicted molar refractivity (Wildman–Crippen MR) is 68.7 cm³/mol. The molecule has 5 heteroatoms. The van der Waals surface area contributed by atoms with Gasteiger partial charge in [0, 0.05) is 17.6 Å². The molecule has 1 atom stereocenters. The van der Waals surface area contributed by atoms with Crippen molar-refractivity contribution in [1.29, 1.82) is 0 Å². The third-order valence-corrected chi connectivity index (χ3v) is 2.83. The van der Waals surface area contributed by atoms with Gasteiger partial charge in [-0.1, -0.05) is 17.7 Å². The van der Waals surface area contributed by atoms with Crippen LogP contribution in [-0.4, -0.2) is 10.1 Å². The summed E-state index contributed by atoms with van der Waals surface area (Å²) in [6.45, 7) is 0. The molecule has 1 unspecified atom stereocenters. The summed E-state index contributed by atoms with van der Waals surface area (Å²) in [4.78, 5) is 3.93. The summed E-state index contributed by atoms with van der Waals surface area (Å²) < 4.78 is 13.2. The molecule has 2 aromatic rings. The molecule has 0 radical (unpaired) electrons. The summed E-state index contributed by atoms with van der Waals surface area (Å²) in [6.07, 6.45) is 0.966. The molecule has 0 saturated carbocycles. The third-order valence-electron chi connectivity index (χ3n) is 2.61. The Morgan fingerprint density at radius 1 is 1.39 bits per heavy atom. The monoisotopic (exact) mass is 266 g/mol. The van der Waals surface area contributed by atoms with E-state index in [2.05, 4.69) is 4.98 Å². The molecule has 94 valence electrons. The Bertz CT molecular complexity index is 542. The van der Waals surface area contributed by atoms with Gasteiger partial charge in [0.05, 0.1) is 6.10 Å². The van der Waals surface area contributed by atoms with Gasteiger partial charge in [-0.2, -0.15) is 0 Å². The maximum absolute atomic E-state index is 13.2. The van der Waals surface area contributed by atoms with E-state index in [4.69, 9.17) is 17.3 Å². The maximum atomic E-state index is 13.2. The lowest BCUT2D eigenvalue weighted by Crippen LogP contribution is -2.05. The highest BCUT2D eigenvalue weighted by Crippen LogP contribution is 2.24. The number of anilines is 1. The van der Waals surface area contributed by atoms with E-state index in [0.717, 1.165) is 0 Å². The van der Waals surface area contributed by atoms with Crippen LogP contribution < -0.4 is 5.73 Å². The standard InChI is InChI=1S/C13H12ClFN2O/c14-10-4-9(5-11(15)7-10)12(18)6-8-2-1-3-17-13(8)16/h1-5,7,12,18H,6H2,(H2,16,17). The van der Waals surface area contributed by atoms with Crippen molar-refractivity contribution in [3.05, 3.63) is 58.5 Å². The van der Waals surface area contributed by atoms with Crippen molar-refractivity contribution in [1.82, 2.24) is 4.98 Å². The van der Waals surface area contributed by atoms with E-state index in [1.165, 1.54) is 18.2 Å². The van der Waals surface area contributed by atoms with Crippen LogP contribution in [0.1, 0.15) is 17.2 Å². The molecule has 18 heavy (non-hydrogen) atoms. The molecule has 0 aliphatic heterocycles. The van der Waals surface area contributed by atoms with Crippen LogP contribution in [0.3, 0.4) is 0 Å². The molecule has 1 aromatic heterocycles. The first-order valence-corrected chi connectivity index (χ1v) is 5.77. The van der Waals surface area contributed by atoms with Gasteiger partial charge < -0.3 is 10.8 Å². The van der Waals surface area contributed by atoms with Crippen LogP contribution in [0.15, 0.2) is 36.5 Å². The molecule has 1 heterocycles. The van der Waals surface area contributed by atoms with Gasteiger partial charge in [-0.25, -0.2) is 9.37 Å². The zero-order chi connectivity index (χ0) is 13.1. The molecule has 0 aliphatic carbocycles. The highest BCUT2D eigenvalue weighted by Gasteiger charge is 2.12. The molecule has 0 bridgehead atoms. The van der Waals surface area contributed by atoms with Gasteiger partial charge in [0.15, 0.2) is 0 Å². The summed E-state index contributed by atoms with van der Waals surface area (Å²) in [6, 6.07) is 7.48. The molecule has 0 spiro atoms. The van der Waals surface area contributed by atoms with Crippen molar-refractivity contribution in [2.45, 2.75) is 12.5 Å². The van der Waals surface area contributed by atoms with Crippen LogP contribution in [0.5, 0.6) is 0 Å². The summed E-state index contributed by atoms with van der Waals surface area (Å²) >= 11 is 5.74. The number of nitrogen functional groups attached to an aromatic ring is 1. The first-order valence-electron chi connectivity index (χ1n) is 5.39. The van der Waals surface area contributed by atoms with Gasteiger partial charge in [-0.05, 0) is 35.4 Å². The SMILES string of the molecule is Nc1ncccc1CC(O)c1cc(F)cc(Cl)c1. The number of nitrogens with two attached hydrogens (primary N) is 1. The molecule has 2 rings (SSSR count). The molecular formula is C13H12ClFN2O. The van der Waals surface area contributed by atoms with Gasteiger partial charge in [-0.15, -0.1) is 0 Å². The van der Waals surface area contributed by atoms with E-state index in [-0.39, 0.29) is 11.4 Å². The minimum atomic E-state index is -0.871. The van der Waals surface area contributed by atoms with Gasteiger partial charge in [0.2, 0.25) is 0 Å². The number of aliphatic hydroxyl groups excluding tert-OH is 1. The number of pyridine rings is 1. The van der Waals surface area contributed by atoms with E-state index in [0.29, 0.717) is 16.9 Å². The van der Waals surface area contributed by atoms with Crippen LogP contribution in [0.25, 0.3) is 0 Å². The van der Waals surface area contributed by atoms with Gasteiger partial charge in [0.25, 0.3) is 0 Å². The second-order valence-corrected chi connectivity index (χ2v) is 4.41. The Morgan fingerprint density at radius 2 is 2.17 bits per heavy atom. The highest BCUT2D eigenvalue weighted by atomic mass is 35.5. The Labute approximate surface area is 109 Å². The Balaban J connectivity index is 2.22. The minimum Gasteiger partial charge on any atom is -0.388 e. The Hall–Kier alpha value is -1.65. The lowest BCUT2D eigenvalue weighted by atomic mass is 10.0. The van der Waals surface area contributed by atoms with Crippen LogP contribution in [0.4, 0.5) is 10.2 Å². The van der Waals surface area contributed by atoms with Crippen molar-refractivity contribution in [2.75, 3.05) is 5.73 Å². The average Bonchev–Trinajstić information content (AvgIpc) is 2.31. The van der Waals surface area contributed by atoms with Crippen molar-refractivity contribution >= 4 is 17.4 Å². The number of aromatic nitrogens is 1. The minimum absolute atomic E-state index is 0.253. The number of nitrogens with zero attached hydrogens (tertiary/aromatic N) is 1. The summed E-state index contributed by atoms with van der Waals surface area (Å²) in [5, 5.41) is 10.3. The number of rotatable bonds is 3. The second-order valence-electron chi connectivity index (χ2n) is 3.97. The highest BCUT2D eigenvalue weighted by molar-refractivity contribution is 6.30. The lowest BCUT2D eigenvalue weighted by molar-refractivity contribution is 0.178. The van der Waals surface area contributed by atoms with Crippen molar-refractivity contribution in [2.24, 2.45) is 0 Å². The van der Waals surface area contributed by atoms with Crippen molar-refractivity contribution in [3.63, 3.8) is 0 Å². The molecular weight excluding hydrogens is 255 g/mol. The van der Waals surface area contributed by atoms with Crippen LogP contribution in [0.2, 0.25) is 5.02 Å². The smallest absolute Gasteiger partial charge is 0.126 e. The second kappa shape index (κ2) is 5.33. The summed E-state index contributed by atoms with van der Waals surface area (Å²) in [7, 11) is 0. The number of hydrogen-bond acceptors (Lipinski definition) is 3. The fourth-order valence-electron chi connectivity index (χ4n) is 1.72. The van der Waals surface area contributed by atoms with E-state index in [9.17, 15) is 9.50 Å². The molecule has 0 saturated heterocycles. The molecule has 3 nitrogen and oxygen atoms in total. The number of benzene rings is 1.